The average molecular weight is 505 g/mol. The quantitative estimate of drug-likeness (QED) is 0.326. The third-order valence-corrected chi connectivity index (χ3v) is 15.1. The van der Waals surface area contributed by atoms with E-state index >= 15 is 0 Å². The molecule has 2 aromatic carbocycles. The molecule has 1 fully saturated rings. The first-order valence-electron chi connectivity index (χ1n) is 13.7. The molecule has 5 nitrogen and oxygen atoms in total. The van der Waals surface area contributed by atoms with Crippen molar-refractivity contribution in [3.8, 4) is 0 Å². The van der Waals surface area contributed by atoms with Crippen molar-refractivity contribution in [2.24, 2.45) is 0 Å². The largest absolute Gasteiger partial charge is 0.371 e. The molecule has 1 aliphatic heterocycles. The molecule has 1 saturated heterocycles. The Labute approximate surface area is 218 Å². The molecule has 0 spiro atoms. The van der Waals surface area contributed by atoms with E-state index in [-0.39, 0.29) is 5.91 Å². The molecule has 1 aliphatic rings. The van der Waals surface area contributed by atoms with Gasteiger partial charge in [0.25, 0.3) is 0 Å². The summed E-state index contributed by atoms with van der Waals surface area (Å²) in [6.45, 7) is 20.3. The van der Waals surface area contributed by atoms with Gasteiger partial charge in [-0.15, -0.1) is 0 Å². The van der Waals surface area contributed by atoms with Crippen molar-refractivity contribution in [2.45, 2.75) is 71.5 Å². The SMILES string of the molecule is CCC(=O)Nc1cn([Si](C(C)C)(C(C)C)C(C)C)c2ccc(N3CCN(c4ccccc4)CC3)cc12. The fourth-order valence-electron chi connectivity index (χ4n) is 6.77. The standard InChI is InChI=1S/C30H44N4OSi/c1-8-30(35)31-28-21-34(36(22(2)3,23(4)5)24(6)7)29-15-14-26(20-27(28)29)33-18-16-32(17-19-33)25-12-10-9-11-13-25/h9-15,20-24H,8,16-19H2,1-7H3,(H,31,35). The molecule has 6 heteroatoms. The highest BCUT2D eigenvalue weighted by Gasteiger charge is 2.46. The van der Waals surface area contributed by atoms with Crippen molar-refractivity contribution in [1.82, 2.24) is 4.23 Å². The number of benzene rings is 2. The second-order valence-corrected chi connectivity index (χ2v) is 16.9. The second kappa shape index (κ2) is 10.7. The van der Waals surface area contributed by atoms with E-state index in [0.29, 0.717) is 23.0 Å². The van der Waals surface area contributed by atoms with Gasteiger partial charge >= 0.3 is 0 Å². The first kappa shape index (κ1) is 26.3. The van der Waals surface area contributed by atoms with Crippen LogP contribution in [0.15, 0.2) is 54.7 Å². The van der Waals surface area contributed by atoms with Crippen LogP contribution in [-0.4, -0.2) is 44.6 Å². The average Bonchev–Trinajstić information content (AvgIpc) is 3.21. The summed E-state index contributed by atoms with van der Waals surface area (Å²) in [5.41, 5.74) is 6.49. The Balaban J connectivity index is 1.73. The predicted molar refractivity (Wildman–Crippen MR) is 158 cm³/mol. The van der Waals surface area contributed by atoms with E-state index in [1.807, 2.05) is 6.92 Å². The number of carbonyl (C=O) groups is 1. The van der Waals surface area contributed by atoms with Crippen molar-refractivity contribution in [2.75, 3.05) is 41.3 Å². The lowest BCUT2D eigenvalue weighted by Crippen LogP contribution is -2.51. The van der Waals surface area contributed by atoms with Crippen molar-refractivity contribution in [1.29, 1.82) is 0 Å². The van der Waals surface area contributed by atoms with E-state index < -0.39 is 8.24 Å². The number of rotatable bonds is 8. The number of nitrogens with one attached hydrogen (secondary N) is 1. The van der Waals surface area contributed by atoms with E-state index in [1.165, 1.54) is 22.3 Å². The van der Waals surface area contributed by atoms with Gasteiger partial charge < -0.3 is 19.3 Å². The van der Waals surface area contributed by atoms with Crippen LogP contribution < -0.4 is 15.1 Å². The van der Waals surface area contributed by atoms with E-state index in [9.17, 15) is 4.79 Å². The number of anilines is 3. The van der Waals surface area contributed by atoms with Crippen molar-refractivity contribution >= 4 is 42.1 Å². The van der Waals surface area contributed by atoms with Gasteiger partial charge in [0.1, 0.15) is 0 Å². The number of hydrogen-bond donors (Lipinski definition) is 1. The lowest BCUT2D eigenvalue weighted by molar-refractivity contribution is -0.115. The van der Waals surface area contributed by atoms with Crippen LogP contribution in [0.2, 0.25) is 16.6 Å². The molecule has 0 saturated carbocycles. The highest BCUT2D eigenvalue weighted by atomic mass is 28.3. The minimum atomic E-state index is -1.97. The minimum Gasteiger partial charge on any atom is -0.371 e. The molecule has 0 radical (unpaired) electrons. The maximum Gasteiger partial charge on any atom is 0.224 e. The summed E-state index contributed by atoms with van der Waals surface area (Å²) in [6, 6.07) is 17.6. The van der Waals surface area contributed by atoms with Crippen LogP contribution >= 0.6 is 0 Å². The lowest BCUT2D eigenvalue weighted by Gasteiger charge is -2.44. The Morgan fingerprint density at radius 3 is 1.92 bits per heavy atom. The van der Waals surface area contributed by atoms with E-state index in [0.717, 1.165) is 31.9 Å². The molecule has 0 atom stereocenters. The van der Waals surface area contributed by atoms with Gasteiger partial charge in [0.2, 0.25) is 5.91 Å². The lowest BCUT2D eigenvalue weighted by atomic mass is 10.1. The molecule has 36 heavy (non-hydrogen) atoms. The van der Waals surface area contributed by atoms with Gasteiger partial charge in [-0.1, -0.05) is 66.7 Å². The molecule has 0 unspecified atom stereocenters. The van der Waals surface area contributed by atoms with Crippen LogP contribution in [-0.2, 0) is 4.79 Å². The summed E-state index contributed by atoms with van der Waals surface area (Å²) in [5, 5.41) is 4.40. The Hall–Kier alpha value is -2.73. The number of aromatic nitrogens is 1. The van der Waals surface area contributed by atoms with Crippen molar-refractivity contribution < 1.29 is 4.79 Å². The molecule has 1 N–H and O–H groups in total. The molecule has 1 aromatic heterocycles. The van der Waals surface area contributed by atoms with E-state index in [2.05, 4.69) is 116 Å². The van der Waals surface area contributed by atoms with Gasteiger partial charge in [-0.2, -0.15) is 0 Å². The number of piperazine rings is 1. The van der Waals surface area contributed by atoms with Gasteiger partial charge in [-0.3, -0.25) is 4.79 Å². The zero-order valence-electron chi connectivity index (χ0n) is 23.2. The topological polar surface area (TPSA) is 40.5 Å². The summed E-state index contributed by atoms with van der Waals surface area (Å²) in [6.07, 6.45) is 2.75. The van der Waals surface area contributed by atoms with Crippen LogP contribution in [0, 0.1) is 0 Å². The number of nitrogens with zero attached hydrogens (tertiary/aromatic N) is 3. The first-order valence-corrected chi connectivity index (χ1v) is 15.9. The molecule has 2 heterocycles. The van der Waals surface area contributed by atoms with Crippen LogP contribution in [0.25, 0.3) is 10.9 Å². The summed E-state index contributed by atoms with van der Waals surface area (Å²) in [7, 11) is -1.97. The second-order valence-electron chi connectivity index (χ2n) is 11.2. The number of para-hydroxylation sites is 1. The fourth-order valence-corrected chi connectivity index (χ4v) is 13.4. The maximum atomic E-state index is 12.5. The molecule has 3 aromatic rings. The molecular formula is C30H44N4OSi. The maximum absolute atomic E-state index is 12.5. The molecular weight excluding hydrogens is 460 g/mol. The van der Waals surface area contributed by atoms with Crippen LogP contribution in [0.3, 0.4) is 0 Å². The van der Waals surface area contributed by atoms with Gasteiger partial charge in [0.05, 0.1) is 5.69 Å². The number of fused-ring (bicyclic) bond motifs is 1. The molecule has 0 bridgehead atoms. The number of amides is 1. The molecule has 1 amide bonds. The summed E-state index contributed by atoms with van der Waals surface area (Å²) in [4.78, 5) is 17.5. The van der Waals surface area contributed by atoms with Gasteiger partial charge in [-0.25, -0.2) is 0 Å². The number of hydrogen-bond acceptors (Lipinski definition) is 3. The first-order chi connectivity index (χ1) is 17.2. The Bertz CT molecular complexity index is 1150. The van der Waals surface area contributed by atoms with Crippen molar-refractivity contribution in [3.05, 3.63) is 54.7 Å². The van der Waals surface area contributed by atoms with E-state index in [4.69, 9.17) is 0 Å². The van der Waals surface area contributed by atoms with Gasteiger partial charge in [0, 0.05) is 61.1 Å². The Morgan fingerprint density at radius 1 is 0.833 bits per heavy atom. The van der Waals surface area contributed by atoms with Crippen molar-refractivity contribution in [3.63, 3.8) is 0 Å². The predicted octanol–water partition coefficient (Wildman–Crippen LogP) is 7.34. The third-order valence-electron chi connectivity index (χ3n) is 8.34. The molecule has 0 aliphatic carbocycles. The van der Waals surface area contributed by atoms with Crippen LogP contribution in [0.1, 0.15) is 54.9 Å². The monoisotopic (exact) mass is 504 g/mol. The molecule has 4 rings (SSSR count). The Kier molecular flexibility index (Phi) is 7.84. The van der Waals surface area contributed by atoms with E-state index in [1.54, 1.807) is 0 Å². The fraction of sp³-hybridized carbons (Fsp3) is 0.500. The zero-order valence-corrected chi connectivity index (χ0v) is 24.2. The highest BCUT2D eigenvalue weighted by Crippen LogP contribution is 2.46. The third kappa shape index (κ3) is 4.68. The van der Waals surface area contributed by atoms with Gasteiger partial charge in [0.15, 0.2) is 8.24 Å². The normalized spacial score (nSPS) is 14.9. The van der Waals surface area contributed by atoms with Gasteiger partial charge in [-0.05, 0) is 47.0 Å². The Morgan fingerprint density at radius 2 is 1.39 bits per heavy atom. The summed E-state index contributed by atoms with van der Waals surface area (Å²) >= 11 is 0. The van der Waals surface area contributed by atoms with Crippen LogP contribution in [0.5, 0.6) is 0 Å². The summed E-state index contributed by atoms with van der Waals surface area (Å²) in [5.74, 6) is 0.0711. The summed E-state index contributed by atoms with van der Waals surface area (Å²) < 4.78 is 2.62. The highest BCUT2D eigenvalue weighted by molar-refractivity contribution is 6.82. The molecule has 194 valence electrons. The zero-order chi connectivity index (χ0) is 26.0. The minimum absolute atomic E-state index is 0.0711. The smallest absolute Gasteiger partial charge is 0.224 e. The van der Waals surface area contributed by atoms with Crippen LogP contribution in [0.4, 0.5) is 17.1 Å². The number of carbonyl (C=O) groups excluding carboxylic acids is 1.